The van der Waals surface area contributed by atoms with Crippen LogP contribution in [0.1, 0.15) is 54.1 Å². The van der Waals surface area contributed by atoms with Crippen LogP contribution in [0, 0.1) is 0 Å². The van der Waals surface area contributed by atoms with E-state index in [1.807, 2.05) is 4.57 Å². The second-order valence-corrected chi connectivity index (χ2v) is 8.97. The quantitative estimate of drug-likeness (QED) is 0.738. The van der Waals surface area contributed by atoms with Crippen molar-refractivity contribution in [1.29, 1.82) is 0 Å². The maximum Gasteiger partial charge on any atom is 0.262 e. The molecule has 2 aliphatic carbocycles. The normalized spacial score (nSPS) is 20.2. The maximum atomic E-state index is 13.2. The number of fused-ring (bicyclic) bond motifs is 3. The third-order valence-corrected chi connectivity index (χ3v) is 7.31. The molecular formula is C22H25N3OS. The molecule has 0 radical (unpaired) electrons. The van der Waals surface area contributed by atoms with Gasteiger partial charge in [0.1, 0.15) is 4.83 Å². The highest BCUT2D eigenvalue weighted by atomic mass is 32.1. The summed E-state index contributed by atoms with van der Waals surface area (Å²) in [6.45, 7) is 0.901. The first kappa shape index (κ1) is 17.1. The van der Waals surface area contributed by atoms with Gasteiger partial charge < -0.3 is 5.32 Å². The zero-order chi connectivity index (χ0) is 18.2. The molecule has 0 amide bonds. The minimum Gasteiger partial charge on any atom is -0.310 e. The Bertz CT molecular complexity index is 1000. The second-order valence-electron chi connectivity index (χ2n) is 7.89. The van der Waals surface area contributed by atoms with Crippen LogP contribution in [0.5, 0.6) is 0 Å². The fraction of sp³-hybridized carbons (Fsp3) is 0.455. The fourth-order valence-corrected chi connectivity index (χ4v) is 5.91. The molecule has 0 bridgehead atoms. The first-order valence-electron chi connectivity index (χ1n) is 10.1. The molecule has 1 fully saturated rings. The Morgan fingerprint density at radius 1 is 1.15 bits per heavy atom. The minimum absolute atomic E-state index is 0.195. The number of thiophene rings is 1. The highest BCUT2D eigenvalue weighted by molar-refractivity contribution is 7.18. The van der Waals surface area contributed by atoms with Gasteiger partial charge in [0.15, 0.2) is 0 Å². The van der Waals surface area contributed by atoms with Gasteiger partial charge >= 0.3 is 0 Å². The molecule has 0 spiro atoms. The highest BCUT2D eigenvalue weighted by Gasteiger charge is 2.26. The van der Waals surface area contributed by atoms with Gasteiger partial charge in [-0.25, -0.2) is 4.98 Å². The van der Waals surface area contributed by atoms with E-state index in [1.165, 1.54) is 28.8 Å². The SMILES string of the molecule is O=c1c2c3c(sc2ncn1C1CCCC1)C[C@H](NCc1ccccc1)CC3. The number of hydrogen-bond donors (Lipinski definition) is 1. The van der Waals surface area contributed by atoms with E-state index < -0.39 is 0 Å². The van der Waals surface area contributed by atoms with Crippen molar-refractivity contribution in [3.8, 4) is 0 Å². The molecule has 2 aliphatic rings. The summed E-state index contributed by atoms with van der Waals surface area (Å²) in [6, 6.07) is 11.4. The third-order valence-electron chi connectivity index (χ3n) is 6.15. The van der Waals surface area contributed by atoms with Gasteiger partial charge in [-0.05, 0) is 43.2 Å². The molecule has 1 N–H and O–H groups in total. The molecule has 5 rings (SSSR count). The van der Waals surface area contributed by atoms with Crippen molar-refractivity contribution in [2.45, 2.75) is 63.6 Å². The van der Waals surface area contributed by atoms with Crippen LogP contribution in [-0.2, 0) is 19.4 Å². The average Bonchev–Trinajstić information content (AvgIpc) is 3.35. The Morgan fingerprint density at radius 3 is 2.78 bits per heavy atom. The van der Waals surface area contributed by atoms with Crippen LogP contribution >= 0.6 is 11.3 Å². The second kappa shape index (κ2) is 7.21. The number of nitrogens with one attached hydrogen (secondary N) is 1. The largest absolute Gasteiger partial charge is 0.310 e. The van der Waals surface area contributed by atoms with Crippen molar-refractivity contribution in [1.82, 2.24) is 14.9 Å². The molecule has 3 aromatic rings. The lowest BCUT2D eigenvalue weighted by atomic mass is 9.93. The average molecular weight is 380 g/mol. The molecule has 4 nitrogen and oxygen atoms in total. The van der Waals surface area contributed by atoms with E-state index in [-0.39, 0.29) is 5.56 Å². The smallest absolute Gasteiger partial charge is 0.262 e. The summed E-state index contributed by atoms with van der Waals surface area (Å²) in [4.78, 5) is 20.1. The topological polar surface area (TPSA) is 46.9 Å². The van der Waals surface area contributed by atoms with E-state index in [2.05, 4.69) is 40.6 Å². The molecular weight excluding hydrogens is 354 g/mol. The molecule has 1 atom stereocenters. The van der Waals surface area contributed by atoms with Crippen molar-refractivity contribution in [3.63, 3.8) is 0 Å². The van der Waals surface area contributed by atoms with Crippen molar-refractivity contribution in [3.05, 3.63) is 63.0 Å². The van der Waals surface area contributed by atoms with E-state index in [0.29, 0.717) is 12.1 Å². The zero-order valence-electron chi connectivity index (χ0n) is 15.5. The minimum atomic E-state index is 0.195. The van der Waals surface area contributed by atoms with Crippen molar-refractivity contribution >= 4 is 21.6 Å². The van der Waals surface area contributed by atoms with Gasteiger partial charge in [0, 0.05) is 23.5 Å². The summed E-state index contributed by atoms with van der Waals surface area (Å²) in [7, 11) is 0. The monoisotopic (exact) mass is 379 g/mol. The molecule has 0 unspecified atom stereocenters. The first-order chi connectivity index (χ1) is 13.3. The van der Waals surface area contributed by atoms with Crippen molar-refractivity contribution in [2.75, 3.05) is 0 Å². The summed E-state index contributed by atoms with van der Waals surface area (Å²) in [6.07, 6.45) is 9.56. The Labute approximate surface area is 163 Å². The maximum absolute atomic E-state index is 13.2. The molecule has 0 aliphatic heterocycles. The third kappa shape index (κ3) is 3.23. The van der Waals surface area contributed by atoms with E-state index in [0.717, 1.165) is 48.9 Å². The van der Waals surface area contributed by atoms with E-state index in [4.69, 9.17) is 0 Å². The van der Waals surface area contributed by atoms with E-state index >= 15 is 0 Å². The van der Waals surface area contributed by atoms with Crippen LogP contribution < -0.4 is 10.9 Å². The summed E-state index contributed by atoms with van der Waals surface area (Å²) in [5, 5.41) is 4.61. The standard InChI is InChI=1S/C22H25N3OS/c26-22-20-18-11-10-16(23-13-15-6-2-1-3-7-15)12-19(18)27-21(20)24-14-25(22)17-8-4-5-9-17/h1-3,6-7,14,16-17,23H,4-5,8-13H2/t16-/m1/s1. The van der Waals surface area contributed by atoms with Crippen molar-refractivity contribution in [2.24, 2.45) is 0 Å². The summed E-state index contributed by atoms with van der Waals surface area (Å²) >= 11 is 1.73. The van der Waals surface area contributed by atoms with Crippen molar-refractivity contribution < 1.29 is 0 Å². The Balaban J connectivity index is 1.39. The van der Waals surface area contributed by atoms with Crippen LogP contribution in [0.4, 0.5) is 0 Å². The molecule has 0 saturated heterocycles. The fourth-order valence-electron chi connectivity index (χ4n) is 4.65. The summed E-state index contributed by atoms with van der Waals surface area (Å²) < 4.78 is 1.92. The first-order valence-corrected chi connectivity index (χ1v) is 10.9. The van der Waals surface area contributed by atoms with Crippen LogP contribution in [0.25, 0.3) is 10.2 Å². The number of aromatic nitrogens is 2. The predicted molar refractivity (Wildman–Crippen MR) is 110 cm³/mol. The summed E-state index contributed by atoms with van der Waals surface area (Å²) in [5.41, 5.74) is 2.79. The molecule has 27 heavy (non-hydrogen) atoms. The molecule has 1 aromatic carbocycles. The molecule has 140 valence electrons. The lowest BCUT2D eigenvalue weighted by molar-refractivity contribution is 0.462. The number of aryl methyl sites for hydroxylation is 1. The number of nitrogens with zero attached hydrogens (tertiary/aromatic N) is 2. The lowest BCUT2D eigenvalue weighted by Crippen LogP contribution is -2.33. The van der Waals surface area contributed by atoms with Gasteiger partial charge in [-0.15, -0.1) is 11.3 Å². The number of benzene rings is 1. The van der Waals surface area contributed by atoms with Gasteiger partial charge in [-0.2, -0.15) is 0 Å². The molecule has 1 saturated carbocycles. The zero-order valence-corrected chi connectivity index (χ0v) is 16.3. The van der Waals surface area contributed by atoms with Gasteiger partial charge in [0.2, 0.25) is 0 Å². The van der Waals surface area contributed by atoms with Gasteiger partial charge in [0.05, 0.1) is 11.7 Å². The molecule has 2 heterocycles. The Hall–Kier alpha value is -1.98. The van der Waals surface area contributed by atoms with Crippen LogP contribution in [0.2, 0.25) is 0 Å². The predicted octanol–water partition coefficient (Wildman–Crippen LogP) is 4.22. The number of hydrogen-bond acceptors (Lipinski definition) is 4. The van der Waals surface area contributed by atoms with E-state index in [1.54, 1.807) is 17.7 Å². The van der Waals surface area contributed by atoms with Crippen LogP contribution in [-0.4, -0.2) is 15.6 Å². The Kier molecular flexibility index (Phi) is 4.58. The highest BCUT2D eigenvalue weighted by Crippen LogP contribution is 2.35. The number of rotatable bonds is 4. The van der Waals surface area contributed by atoms with Crippen LogP contribution in [0.3, 0.4) is 0 Å². The molecule has 2 aromatic heterocycles. The van der Waals surface area contributed by atoms with E-state index in [9.17, 15) is 4.79 Å². The van der Waals surface area contributed by atoms with Gasteiger partial charge in [-0.3, -0.25) is 9.36 Å². The van der Waals surface area contributed by atoms with Gasteiger partial charge in [-0.1, -0.05) is 43.2 Å². The molecule has 5 heteroatoms. The Morgan fingerprint density at radius 2 is 1.96 bits per heavy atom. The lowest BCUT2D eigenvalue weighted by Gasteiger charge is -2.23. The summed E-state index contributed by atoms with van der Waals surface area (Å²) in [5.74, 6) is 0. The van der Waals surface area contributed by atoms with Gasteiger partial charge in [0.25, 0.3) is 5.56 Å². The van der Waals surface area contributed by atoms with Crippen LogP contribution in [0.15, 0.2) is 41.5 Å².